The Balaban J connectivity index is 0.00000169. The lowest BCUT2D eigenvalue weighted by atomic mass is 10.00. The molecule has 2 aromatic rings. The summed E-state index contributed by atoms with van der Waals surface area (Å²) in [6.07, 6.45) is 1.91. The van der Waals surface area contributed by atoms with Crippen LogP contribution in [-0.4, -0.2) is 38.7 Å². The van der Waals surface area contributed by atoms with Crippen molar-refractivity contribution in [1.82, 2.24) is 24.8 Å². The quantitative estimate of drug-likeness (QED) is 0.753. The second kappa shape index (κ2) is 8.66. The molecular formula is C16H23Cl2N5O3. The molecule has 0 aliphatic carbocycles. The van der Waals surface area contributed by atoms with Crippen molar-refractivity contribution in [2.45, 2.75) is 31.8 Å². The fourth-order valence-electron chi connectivity index (χ4n) is 3.06. The van der Waals surface area contributed by atoms with E-state index >= 15 is 0 Å². The summed E-state index contributed by atoms with van der Waals surface area (Å²) in [5.41, 5.74) is -0.477. The molecular weight excluding hydrogens is 381 g/mol. The number of piperidine rings is 1. The van der Waals surface area contributed by atoms with E-state index in [0.717, 1.165) is 24.0 Å². The Labute approximate surface area is 162 Å². The number of amides is 1. The first kappa shape index (κ1) is 22.1. The number of aryl methyl sites for hydroxylation is 1. The van der Waals surface area contributed by atoms with E-state index < -0.39 is 11.2 Å². The zero-order valence-corrected chi connectivity index (χ0v) is 16.4. The lowest BCUT2D eigenvalue weighted by Gasteiger charge is -2.30. The highest BCUT2D eigenvalue weighted by Crippen LogP contribution is 2.10. The number of fused-ring (bicyclic) bond motifs is 1. The minimum Gasteiger partial charge on any atom is -0.346 e. The van der Waals surface area contributed by atoms with Crippen molar-refractivity contribution in [3.05, 3.63) is 38.7 Å². The van der Waals surface area contributed by atoms with E-state index in [0.29, 0.717) is 5.39 Å². The van der Waals surface area contributed by atoms with Crippen LogP contribution in [0, 0.1) is 0 Å². The smallest absolute Gasteiger partial charge is 0.332 e. The van der Waals surface area contributed by atoms with Crippen LogP contribution in [0.2, 0.25) is 0 Å². The minimum atomic E-state index is -0.470. The molecule has 3 rings (SSSR count). The summed E-state index contributed by atoms with van der Waals surface area (Å²) in [4.78, 5) is 40.9. The minimum absolute atomic E-state index is 0. The Bertz CT molecular complexity index is 924. The molecule has 0 aromatic carbocycles. The second-order valence-electron chi connectivity index (χ2n) is 6.24. The van der Waals surface area contributed by atoms with Crippen LogP contribution in [0.25, 0.3) is 11.0 Å². The van der Waals surface area contributed by atoms with Gasteiger partial charge in [0.15, 0.2) is 0 Å². The van der Waals surface area contributed by atoms with E-state index in [1.165, 1.54) is 24.7 Å². The van der Waals surface area contributed by atoms with Gasteiger partial charge < -0.3 is 10.6 Å². The maximum atomic E-state index is 12.5. The van der Waals surface area contributed by atoms with Gasteiger partial charge in [-0.3, -0.25) is 18.7 Å². The Morgan fingerprint density at radius 2 is 1.92 bits per heavy atom. The second-order valence-corrected chi connectivity index (χ2v) is 6.24. The maximum Gasteiger partial charge on any atom is 0.332 e. The SMILES string of the molecule is CC1NCCCC1NC(=O)c1ccc2c(=O)n(C)c(=O)n(C)c2n1.Cl.Cl. The van der Waals surface area contributed by atoms with Crippen LogP contribution in [0.4, 0.5) is 0 Å². The van der Waals surface area contributed by atoms with Gasteiger partial charge in [0.25, 0.3) is 11.5 Å². The highest BCUT2D eigenvalue weighted by Gasteiger charge is 2.23. The van der Waals surface area contributed by atoms with Crippen LogP contribution in [-0.2, 0) is 14.1 Å². The van der Waals surface area contributed by atoms with Crippen molar-refractivity contribution in [1.29, 1.82) is 0 Å². The highest BCUT2D eigenvalue weighted by atomic mass is 35.5. The van der Waals surface area contributed by atoms with E-state index in [2.05, 4.69) is 15.6 Å². The highest BCUT2D eigenvalue weighted by molar-refractivity contribution is 5.94. The number of hydrogen-bond donors (Lipinski definition) is 2. The van der Waals surface area contributed by atoms with Gasteiger partial charge in [-0.2, -0.15) is 0 Å². The molecule has 2 unspecified atom stereocenters. The van der Waals surface area contributed by atoms with Crippen molar-refractivity contribution in [2.24, 2.45) is 14.1 Å². The molecule has 2 atom stereocenters. The van der Waals surface area contributed by atoms with Crippen LogP contribution in [0.5, 0.6) is 0 Å². The van der Waals surface area contributed by atoms with Gasteiger partial charge in [-0.25, -0.2) is 9.78 Å². The first-order valence-electron chi connectivity index (χ1n) is 8.01. The Kier molecular flexibility index (Phi) is 7.37. The number of halogens is 2. The fraction of sp³-hybridized carbons (Fsp3) is 0.500. The lowest BCUT2D eigenvalue weighted by molar-refractivity contribution is 0.0915. The molecule has 144 valence electrons. The molecule has 2 aromatic heterocycles. The third-order valence-corrected chi connectivity index (χ3v) is 4.61. The van der Waals surface area contributed by atoms with Gasteiger partial charge in [-0.1, -0.05) is 0 Å². The fourth-order valence-corrected chi connectivity index (χ4v) is 3.06. The summed E-state index contributed by atoms with van der Waals surface area (Å²) in [6.45, 7) is 2.98. The van der Waals surface area contributed by atoms with Gasteiger partial charge in [0.05, 0.1) is 5.39 Å². The third-order valence-electron chi connectivity index (χ3n) is 4.61. The molecule has 1 saturated heterocycles. The van der Waals surface area contributed by atoms with E-state index in [4.69, 9.17) is 0 Å². The van der Waals surface area contributed by atoms with Crippen LogP contribution in [0.3, 0.4) is 0 Å². The predicted molar refractivity (Wildman–Crippen MR) is 105 cm³/mol. The summed E-state index contributed by atoms with van der Waals surface area (Å²) in [7, 11) is 2.95. The molecule has 26 heavy (non-hydrogen) atoms. The maximum absolute atomic E-state index is 12.5. The number of pyridine rings is 1. The number of hydrogen-bond acceptors (Lipinski definition) is 5. The standard InChI is InChI=1S/C16H21N5O3.2ClH/c1-9-11(5-4-8-17-9)19-14(22)12-7-6-10-13(18-12)20(2)16(24)21(3)15(10)23;;/h6-7,9,11,17H,4-5,8H2,1-3H3,(H,19,22);2*1H. The van der Waals surface area contributed by atoms with Gasteiger partial charge in [-0.05, 0) is 38.4 Å². The van der Waals surface area contributed by atoms with E-state index in [9.17, 15) is 14.4 Å². The molecule has 2 N–H and O–H groups in total. The van der Waals surface area contributed by atoms with E-state index in [-0.39, 0.29) is 54.1 Å². The average molecular weight is 404 g/mol. The van der Waals surface area contributed by atoms with Crippen LogP contribution < -0.4 is 21.9 Å². The summed E-state index contributed by atoms with van der Waals surface area (Å²) in [6, 6.07) is 3.29. The van der Waals surface area contributed by atoms with Crippen molar-refractivity contribution >= 4 is 41.8 Å². The molecule has 1 aliphatic heterocycles. The Morgan fingerprint density at radius 3 is 2.58 bits per heavy atom. The molecule has 0 bridgehead atoms. The largest absolute Gasteiger partial charge is 0.346 e. The normalized spacial score (nSPS) is 19.3. The molecule has 1 aliphatic rings. The third kappa shape index (κ3) is 3.92. The Hall–Kier alpha value is -1.90. The summed E-state index contributed by atoms with van der Waals surface area (Å²) in [5.74, 6) is -0.300. The molecule has 1 amide bonds. The topological polar surface area (TPSA) is 98.0 Å². The van der Waals surface area contributed by atoms with E-state index in [1.54, 1.807) is 6.07 Å². The monoisotopic (exact) mass is 403 g/mol. The summed E-state index contributed by atoms with van der Waals surface area (Å²) < 4.78 is 2.30. The van der Waals surface area contributed by atoms with Crippen LogP contribution >= 0.6 is 24.8 Å². The zero-order valence-electron chi connectivity index (χ0n) is 14.8. The van der Waals surface area contributed by atoms with Gasteiger partial charge in [0.2, 0.25) is 0 Å². The first-order chi connectivity index (χ1) is 11.4. The number of rotatable bonds is 2. The van der Waals surface area contributed by atoms with Gasteiger partial charge in [0, 0.05) is 26.2 Å². The molecule has 0 radical (unpaired) electrons. The molecule has 8 nitrogen and oxygen atoms in total. The van der Waals surface area contributed by atoms with Gasteiger partial charge >= 0.3 is 5.69 Å². The van der Waals surface area contributed by atoms with Crippen LogP contribution in [0.1, 0.15) is 30.3 Å². The average Bonchev–Trinajstić information content (AvgIpc) is 2.59. The number of aromatic nitrogens is 3. The van der Waals surface area contributed by atoms with Gasteiger partial charge in [0.1, 0.15) is 11.3 Å². The number of nitrogens with zero attached hydrogens (tertiary/aromatic N) is 3. The number of nitrogens with one attached hydrogen (secondary N) is 2. The summed E-state index contributed by atoms with van der Waals surface area (Å²) >= 11 is 0. The Morgan fingerprint density at radius 1 is 1.23 bits per heavy atom. The first-order valence-corrected chi connectivity index (χ1v) is 8.01. The van der Waals surface area contributed by atoms with Gasteiger partial charge in [-0.15, -0.1) is 24.8 Å². The van der Waals surface area contributed by atoms with Crippen LogP contribution in [0.15, 0.2) is 21.7 Å². The summed E-state index contributed by atoms with van der Waals surface area (Å²) in [5, 5.41) is 6.61. The number of carbonyl (C=O) groups excluding carboxylic acids is 1. The molecule has 10 heteroatoms. The van der Waals surface area contributed by atoms with Crippen molar-refractivity contribution in [3.8, 4) is 0 Å². The predicted octanol–water partition coefficient (Wildman–Crippen LogP) is 0.346. The molecule has 3 heterocycles. The van der Waals surface area contributed by atoms with Crippen molar-refractivity contribution in [2.75, 3.05) is 6.54 Å². The number of carbonyl (C=O) groups is 1. The lowest BCUT2D eigenvalue weighted by Crippen LogP contribution is -2.52. The molecule has 1 fully saturated rings. The molecule has 0 saturated carbocycles. The van der Waals surface area contributed by atoms with Crippen molar-refractivity contribution < 1.29 is 4.79 Å². The molecule has 0 spiro atoms. The van der Waals surface area contributed by atoms with Crippen molar-refractivity contribution in [3.63, 3.8) is 0 Å². The zero-order chi connectivity index (χ0) is 17.4. The van der Waals surface area contributed by atoms with E-state index in [1.807, 2.05) is 6.92 Å².